The zero-order valence-electron chi connectivity index (χ0n) is 14.0. The van der Waals surface area contributed by atoms with Crippen LogP contribution in [0.5, 0.6) is 0 Å². The predicted octanol–water partition coefficient (Wildman–Crippen LogP) is 0.166. The first-order valence-corrected chi connectivity index (χ1v) is 8.35. The number of nitrogens with two attached hydrogens (primary N) is 1. The molecule has 0 amide bonds. The Morgan fingerprint density at radius 1 is 1.24 bits per heavy atom. The minimum absolute atomic E-state index is 0.0218. The van der Waals surface area contributed by atoms with Gasteiger partial charge in [0.1, 0.15) is 11.9 Å². The second kappa shape index (κ2) is 7.62. The third-order valence-electron chi connectivity index (χ3n) is 4.55. The highest BCUT2D eigenvalue weighted by molar-refractivity contribution is 6.02. The maximum absolute atomic E-state index is 10.7. The van der Waals surface area contributed by atoms with Crippen LogP contribution >= 0.6 is 0 Å². The zero-order chi connectivity index (χ0) is 17.8. The van der Waals surface area contributed by atoms with Gasteiger partial charge in [0.15, 0.2) is 0 Å². The number of nitrogens with one attached hydrogen (secondary N) is 1. The third kappa shape index (κ3) is 4.55. The fourth-order valence-corrected chi connectivity index (χ4v) is 3.15. The monoisotopic (exact) mass is 345 g/mol. The molecule has 4 N–H and O–H groups in total. The largest absolute Gasteiger partial charge is 0.480 e. The first-order valence-electron chi connectivity index (χ1n) is 8.35. The Bertz CT molecular complexity index is 665. The molecule has 8 heteroatoms. The predicted molar refractivity (Wildman–Crippen MR) is 94.0 cm³/mol. The molecule has 1 fully saturated rings. The highest BCUT2D eigenvalue weighted by Crippen LogP contribution is 2.18. The Balaban J connectivity index is 1.47. The van der Waals surface area contributed by atoms with E-state index in [1.807, 2.05) is 29.2 Å². The number of rotatable bonds is 6. The number of hydrogen-bond donors (Lipinski definition) is 3. The van der Waals surface area contributed by atoms with Crippen molar-refractivity contribution in [3.63, 3.8) is 0 Å². The smallest absolute Gasteiger partial charge is 0.317 e. The van der Waals surface area contributed by atoms with Gasteiger partial charge in [-0.25, -0.2) is 0 Å². The van der Waals surface area contributed by atoms with Gasteiger partial charge in [-0.2, -0.15) is 0 Å². The summed E-state index contributed by atoms with van der Waals surface area (Å²) in [6.07, 6.45) is 0.767. The summed E-state index contributed by atoms with van der Waals surface area (Å²) < 4.78 is 0. The van der Waals surface area contributed by atoms with Crippen molar-refractivity contribution >= 4 is 17.5 Å². The second-order valence-corrected chi connectivity index (χ2v) is 6.43. The van der Waals surface area contributed by atoms with E-state index in [-0.39, 0.29) is 18.5 Å². The number of hydrogen-bond acceptors (Lipinski definition) is 6. The van der Waals surface area contributed by atoms with Gasteiger partial charge in [0, 0.05) is 44.7 Å². The van der Waals surface area contributed by atoms with Gasteiger partial charge < -0.3 is 15.7 Å². The van der Waals surface area contributed by atoms with E-state index in [0.29, 0.717) is 5.56 Å². The van der Waals surface area contributed by atoms with Crippen LogP contribution < -0.4 is 5.73 Å². The van der Waals surface area contributed by atoms with E-state index in [1.165, 1.54) is 0 Å². The van der Waals surface area contributed by atoms with Crippen molar-refractivity contribution in [2.75, 3.05) is 39.3 Å². The van der Waals surface area contributed by atoms with Gasteiger partial charge in [0.05, 0.1) is 12.3 Å². The number of nitrogens with zero attached hydrogens (tertiary/aromatic N) is 3. The molecule has 25 heavy (non-hydrogen) atoms. The molecular weight excluding hydrogens is 322 g/mol. The standard InChI is InChI=1S/C17H23N5O3/c18-17(19)13-3-1-12(2-4-13)15-9-14(25-20-15)10-21-5-7-22(8-6-21)11-16(23)24/h1-4,14H,5-11H2,(H3,18,19)(H,23,24). The minimum Gasteiger partial charge on any atom is -0.480 e. The third-order valence-corrected chi connectivity index (χ3v) is 4.55. The quantitative estimate of drug-likeness (QED) is 0.500. The number of oxime groups is 1. The van der Waals surface area contributed by atoms with Crippen LogP contribution in [-0.4, -0.2) is 77.8 Å². The lowest BCUT2D eigenvalue weighted by Gasteiger charge is -2.34. The van der Waals surface area contributed by atoms with Crippen LogP contribution in [0, 0.1) is 5.41 Å². The molecular formula is C17H23N5O3. The summed E-state index contributed by atoms with van der Waals surface area (Å²) in [5.41, 5.74) is 8.05. The number of nitrogen functional groups attached to an aromatic ring is 1. The van der Waals surface area contributed by atoms with Crippen LogP contribution in [0.3, 0.4) is 0 Å². The van der Waals surface area contributed by atoms with Gasteiger partial charge >= 0.3 is 5.97 Å². The lowest BCUT2D eigenvalue weighted by Crippen LogP contribution is -2.49. The lowest BCUT2D eigenvalue weighted by molar-refractivity contribution is -0.138. The van der Waals surface area contributed by atoms with Crippen molar-refractivity contribution < 1.29 is 14.7 Å². The number of benzene rings is 1. The number of piperazine rings is 1. The molecule has 1 unspecified atom stereocenters. The molecule has 134 valence electrons. The molecule has 2 aliphatic heterocycles. The van der Waals surface area contributed by atoms with Crippen molar-refractivity contribution in [2.45, 2.75) is 12.5 Å². The summed E-state index contributed by atoms with van der Waals surface area (Å²) in [7, 11) is 0. The lowest BCUT2D eigenvalue weighted by atomic mass is 10.0. The van der Waals surface area contributed by atoms with Crippen LogP contribution in [0.2, 0.25) is 0 Å². The fraction of sp³-hybridized carbons (Fsp3) is 0.471. The van der Waals surface area contributed by atoms with E-state index >= 15 is 0 Å². The summed E-state index contributed by atoms with van der Waals surface area (Å²) in [5.74, 6) is -0.725. The summed E-state index contributed by atoms with van der Waals surface area (Å²) in [4.78, 5) is 20.6. The molecule has 1 aromatic carbocycles. The van der Waals surface area contributed by atoms with Crippen LogP contribution in [0.4, 0.5) is 0 Å². The molecule has 0 radical (unpaired) electrons. The minimum atomic E-state index is -0.776. The molecule has 0 bridgehead atoms. The molecule has 8 nitrogen and oxygen atoms in total. The molecule has 0 aliphatic carbocycles. The van der Waals surface area contributed by atoms with Gasteiger partial charge in [-0.3, -0.25) is 20.0 Å². The number of carboxylic acid groups (broad SMARTS) is 1. The fourth-order valence-electron chi connectivity index (χ4n) is 3.15. The van der Waals surface area contributed by atoms with E-state index in [9.17, 15) is 4.79 Å². The Kier molecular flexibility index (Phi) is 5.30. The van der Waals surface area contributed by atoms with Crippen molar-refractivity contribution in [1.82, 2.24) is 9.80 Å². The first-order chi connectivity index (χ1) is 12.0. The molecule has 1 saturated heterocycles. The van der Waals surface area contributed by atoms with Crippen LogP contribution in [0.25, 0.3) is 0 Å². The SMILES string of the molecule is N=C(N)c1ccc(C2=NOC(CN3CCN(CC(=O)O)CC3)C2)cc1. The molecule has 3 rings (SSSR count). The molecule has 2 aliphatic rings. The number of carbonyl (C=O) groups is 1. The van der Waals surface area contributed by atoms with Gasteiger partial charge in [-0.05, 0) is 5.56 Å². The summed E-state index contributed by atoms with van der Waals surface area (Å²) in [6.45, 7) is 4.11. The van der Waals surface area contributed by atoms with E-state index in [2.05, 4.69) is 10.1 Å². The topological polar surface area (TPSA) is 115 Å². The van der Waals surface area contributed by atoms with E-state index in [0.717, 1.165) is 50.4 Å². The molecule has 1 atom stereocenters. The van der Waals surface area contributed by atoms with Gasteiger partial charge in [0.2, 0.25) is 0 Å². The number of amidine groups is 1. The van der Waals surface area contributed by atoms with E-state index < -0.39 is 5.97 Å². The normalized spacial score (nSPS) is 21.6. The molecule has 0 saturated carbocycles. The highest BCUT2D eigenvalue weighted by Gasteiger charge is 2.26. The van der Waals surface area contributed by atoms with Crippen LogP contribution in [-0.2, 0) is 9.63 Å². The zero-order valence-corrected chi connectivity index (χ0v) is 14.0. The Morgan fingerprint density at radius 3 is 2.48 bits per heavy atom. The van der Waals surface area contributed by atoms with E-state index in [4.69, 9.17) is 21.1 Å². The Morgan fingerprint density at radius 2 is 1.88 bits per heavy atom. The molecule has 0 aromatic heterocycles. The Hall–Kier alpha value is -2.45. The van der Waals surface area contributed by atoms with Crippen LogP contribution in [0.1, 0.15) is 17.5 Å². The molecule has 1 aromatic rings. The van der Waals surface area contributed by atoms with Gasteiger partial charge in [-0.15, -0.1) is 0 Å². The van der Waals surface area contributed by atoms with Crippen molar-refractivity contribution in [3.05, 3.63) is 35.4 Å². The van der Waals surface area contributed by atoms with Gasteiger partial charge in [0.25, 0.3) is 0 Å². The van der Waals surface area contributed by atoms with Gasteiger partial charge in [-0.1, -0.05) is 29.4 Å². The van der Waals surface area contributed by atoms with Crippen molar-refractivity contribution in [2.24, 2.45) is 10.9 Å². The Labute approximate surface area is 146 Å². The summed E-state index contributed by atoms with van der Waals surface area (Å²) in [6, 6.07) is 7.45. The maximum Gasteiger partial charge on any atom is 0.317 e. The molecule has 2 heterocycles. The number of carboxylic acids is 1. The molecule has 0 spiro atoms. The number of aliphatic carboxylic acids is 1. The second-order valence-electron chi connectivity index (χ2n) is 6.43. The average molecular weight is 345 g/mol. The first kappa shape index (κ1) is 17.4. The van der Waals surface area contributed by atoms with Crippen LogP contribution in [0.15, 0.2) is 29.4 Å². The highest BCUT2D eigenvalue weighted by atomic mass is 16.6. The van der Waals surface area contributed by atoms with E-state index in [1.54, 1.807) is 0 Å². The average Bonchev–Trinajstić information content (AvgIpc) is 3.05. The van der Waals surface area contributed by atoms with Crippen molar-refractivity contribution in [3.8, 4) is 0 Å². The maximum atomic E-state index is 10.7. The van der Waals surface area contributed by atoms with Crippen molar-refractivity contribution in [1.29, 1.82) is 5.41 Å². The summed E-state index contributed by atoms with van der Waals surface area (Å²) >= 11 is 0. The summed E-state index contributed by atoms with van der Waals surface area (Å²) in [5, 5.41) is 20.5.